The van der Waals surface area contributed by atoms with Crippen LogP contribution in [0.2, 0.25) is 0 Å². The Balaban J connectivity index is 2.08. The standard InChI is InChI=1S/C14H18N2O4/c1-20-12(14(18)19)8-16-13(17)11-4-2-3-9-7-15-6-5-10(9)11/h2-4,12,15H,5-8H2,1H3,(H,16,17)(H,18,19). The number of carboxylic acids is 1. The van der Waals surface area contributed by atoms with E-state index in [0.717, 1.165) is 30.6 Å². The average molecular weight is 278 g/mol. The maximum Gasteiger partial charge on any atom is 0.334 e. The minimum atomic E-state index is -1.09. The highest BCUT2D eigenvalue weighted by molar-refractivity contribution is 5.96. The van der Waals surface area contributed by atoms with Gasteiger partial charge in [0.25, 0.3) is 5.91 Å². The predicted molar refractivity (Wildman–Crippen MR) is 72.6 cm³/mol. The molecule has 0 aromatic heterocycles. The molecule has 1 aliphatic rings. The molecule has 1 amide bonds. The minimum Gasteiger partial charge on any atom is -0.479 e. The van der Waals surface area contributed by atoms with Gasteiger partial charge in [0.15, 0.2) is 6.10 Å². The second-order valence-corrected chi connectivity index (χ2v) is 4.64. The molecular formula is C14H18N2O4. The van der Waals surface area contributed by atoms with Crippen LogP contribution in [0.5, 0.6) is 0 Å². The van der Waals surface area contributed by atoms with E-state index in [-0.39, 0.29) is 12.5 Å². The Kier molecular flexibility index (Phi) is 4.70. The van der Waals surface area contributed by atoms with Crippen molar-refractivity contribution < 1.29 is 19.4 Å². The van der Waals surface area contributed by atoms with Crippen LogP contribution in [-0.2, 0) is 22.5 Å². The first-order valence-electron chi connectivity index (χ1n) is 6.48. The van der Waals surface area contributed by atoms with Gasteiger partial charge in [-0.05, 0) is 30.2 Å². The van der Waals surface area contributed by atoms with E-state index in [1.54, 1.807) is 6.07 Å². The van der Waals surface area contributed by atoms with Gasteiger partial charge in [-0.1, -0.05) is 12.1 Å². The van der Waals surface area contributed by atoms with Gasteiger partial charge in [-0.25, -0.2) is 4.79 Å². The van der Waals surface area contributed by atoms with Crippen LogP contribution in [0.4, 0.5) is 0 Å². The van der Waals surface area contributed by atoms with E-state index < -0.39 is 12.1 Å². The maximum atomic E-state index is 12.2. The number of carbonyl (C=O) groups is 2. The van der Waals surface area contributed by atoms with Gasteiger partial charge in [-0.2, -0.15) is 0 Å². The minimum absolute atomic E-state index is 0.0490. The monoisotopic (exact) mass is 278 g/mol. The van der Waals surface area contributed by atoms with Gasteiger partial charge in [0, 0.05) is 19.2 Å². The van der Waals surface area contributed by atoms with E-state index in [0.29, 0.717) is 5.56 Å². The molecule has 0 fully saturated rings. The number of fused-ring (bicyclic) bond motifs is 1. The Morgan fingerprint density at radius 3 is 3.00 bits per heavy atom. The maximum absolute atomic E-state index is 12.2. The SMILES string of the molecule is COC(CNC(=O)c1cccc2c1CCNC2)C(=O)O. The van der Waals surface area contributed by atoms with Crippen LogP contribution >= 0.6 is 0 Å². The highest BCUT2D eigenvalue weighted by Crippen LogP contribution is 2.18. The largest absolute Gasteiger partial charge is 0.479 e. The molecule has 0 spiro atoms. The molecule has 108 valence electrons. The lowest BCUT2D eigenvalue weighted by molar-refractivity contribution is -0.148. The molecule has 0 radical (unpaired) electrons. The molecule has 20 heavy (non-hydrogen) atoms. The van der Waals surface area contributed by atoms with Crippen molar-refractivity contribution in [2.24, 2.45) is 0 Å². The molecule has 1 heterocycles. The van der Waals surface area contributed by atoms with E-state index >= 15 is 0 Å². The number of carbonyl (C=O) groups excluding carboxylic acids is 1. The molecule has 3 N–H and O–H groups in total. The smallest absolute Gasteiger partial charge is 0.334 e. The Bertz CT molecular complexity index is 516. The molecule has 1 aromatic carbocycles. The summed E-state index contributed by atoms with van der Waals surface area (Å²) < 4.78 is 4.79. The molecule has 6 nitrogen and oxygen atoms in total. The Morgan fingerprint density at radius 1 is 1.50 bits per heavy atom. The van der Waals surface area contributed by atoms with Gasteiger partial charge >= 0.3 is 5.97 Å². The van der Waals surface area contributed by atoms with Gasteiger partial charge in [-0.15, -0.1) is 0 Å². The number of aliphatic carboxylic acids is 1. The number of nitrogens with one attached hydrogen (secondary N) is 2. The molecule has 1 atom stereocenters. The summed E-state index contributed by atoms with van der Waals surface area (Å²) in [6.07, 6.45) is -0.230. The second-order valence-electron chi connectivity index (χ2n) is 4.64. The molecular weight excluding hydrogens is 260 g/mol. The van der Waals surface area contributed by atoms with Crippen LogP contribution < -0.4 is 10.6 Å². The molecule has 2 rings (SSSR count). The van der Waals surface area contributed by atoms with Crippen molar-refractivity contribution in [1.29, 1.82) is 0 Å². The molecule has 0 saturated heterocycles. The zero-order valence-electron chi connectivity index (χ0n) is 11.3. The van der Waals surface area contributed by atoms with Crippen LogP contribution in [0.25, 0.3) is 0 Å². The molecule has 0 saturated carbocycles. The Morgan fingerprint density at radius 2 is 2.30 bits per heavy atom. The Hall–Kier alpha value is -1.92. The molecule has 1 aromatic rings. The van der Waals surface area contributed by atoms with Crippen LogP contribution in [0.15, 0.2) is 18.2 Å². The van der Waals surface area contributed by atoms with Crippen LogP contribution in [0.3, 0.4) is 0 Å². The van der Waals surface area contributed by atoms with Crippen molar-refractivity contribution in [3.8, 4) is 0 Å². The molecule has 0 aliphatic carbocycles. The number of ether oxygens (including phenoxy) is 1. The summed E-state index contributed by atoms with van der Waals surface area (Å²) in [6.45, 7) is 1.55. The van der Waals surface area contributed by atoms with Crippen molar-refractivity contribution in [1.82, 2.24) is 10.6 Å². The molecule has 1 unspecified atom stereocenters. The van der Waals surface area contributed by atoms with E-state index in [1.807, 2.05) is 12.1 Å². The molecule has 0 bridgehead atoms. The summed E-state index contributed by atoms with van der Waals surface area (Å²) in [4.78, 5) is 23.0. The zero-order valence-corrected chi connectivity index (χ0v) is 11.3. The third-order valence-electron chi connectivity index (χ3n) is 3.39. The van der Waals surface area contributed by atoms with Crippen molar-refractivity contribution >= 4 is 11.9 Å². The third-order valence-corrected chi connectivity index (χ3v) is 3.39. The predicted octanol–water partition coefficient (Wildman–Crippen LogP) is 0.162. The summed E-state index contributed by atoms with van der Waals surface area (Å²) in [6, 6.07) is 5.60. The van der Waals surface area contributed by atoms with E-state index in [2.05, 4.69) is 10.6 Å². The first-order valence-corrected chi connectivity index (χ1v) is 6.48. The van der Waals surface area contributed by atoms with Gasteiger partial charge < -0.3 is 20.5 Å². The average Bonchev–Trinajstić information content (AvgIpc) is 2.46. The lowest BCUT2D eigenvalue weighted by Gasteiger charge is -2.20. The zero-order chi connectivity index (χ0) is 14.5. The molecule has 1 aliphatic heterocycles. The summed E-state index contributed by atoms with van der Waals surface area (Å²) >= 11 is 0. The lowest BCUT2D eigenvalue weighted by Crippen LogP contribution is -2.38. The van der Waals surface area contributed by atoms with Crippen LogP contribution in [0, 0.1) is 0 Å². The summed E-state index contributed by atoms with van der Waals surface area (Å²) in [5.74, 6) is -1.35. The van der Waals surface area contributed by atoms with E-state index in [9.17, 15) is 9.59 Å². The van der Waals surface area contributed by atoms with Gasteiger partial charge in [0.1, 0.15) is 0 Å². The van der Waals surface area contributed by atoms with E-state index in [4.69, 9.17) is 9.84 Å². The number of hydrogen-bond acceptors (Lipinski definition) is 4. The normalized spacial score (nSPS) is 15.2. The number of benzene rings is 1. The first kappa shape index (κ1) is 14.5. The topological polar surface area (TPSA) is 87.7 Å². The van der Waals surface area contributed by atoms with E-state index in [1.165, 1.54) is 7.11 Å². The quantitative estimate of drug-likeness (QED) is 0.714. The fourth-order valence-electron chi connectivity index (χ4n) is 2.30. The van der Waals surface area contributed by atoms with Gasteiger partial charge in [0.05, 0.1) is 6.54 Å². The second kappa shape index (κ2) is 6.49. The van der Waals surface area contributed by atoms with Crippen LogP contribution in [-0.4, -0.2) is 43.3 Å². The van der Waals surface area contributed by atoms with Crippen molar-refractivity contribution in [3.05, 3.63) is 34.9 Å². The number of methoxy groups -OCH3 is 1. The summed E-state index contributed by atoms with van der Waals surface area (Å²) in [5.41, 5.74) is 2.77. The first-order chi connectivity index (χ1) is 9.63. The lowest BCUT2D eigenvalue weighted by atomic mass is 9.95. The Labute approximate surface area is 117 Å². The van der Waals surface area contributed by atoms with Crippen LogP contribution in [0.1, 0.15) is 21.5 Å². The van der Waals surface area contributed by atoms with Crippen molar-refractivity contribution in [2.75, 3.05) is 20.2 Å². The van der Waals surface area contributed by atoms with Crippen molar-refractivity contribution in [3.63, 3.8) is 0 Å². The fraction of sp³-hybridized carbons (Fsp3) is 0.429. The number of hydrogen-bond donors (Lipinski definition) is 3. The highest BCUT2D eigenvalue weighted by atomic mass is 16.5. The number of carboxylic acid groups (broad SMARTS) is 1. The third kappa shape index (κ3) is 3.15. The number of amides is 1. The van der Waals surface area contributed by atoms with Gasteiger partial charge in [-0.3, -0.25) is 4.79 Å². The summed E-state index contributed by atoms with van der Waals surface area (Å²) in [7, 11) is 1.31. The van der Waals surface area contributed by atoms with Crippen molar-refractivity contribution in [2.45, 2.75) is 19.1 Å². The molecule has 6 heteroatoms. The van der Waals surface area contributed by atoms with Gasteiger partial charge in [0.2, 0.25) is 0 Å². The highest BCUT2D eigenvalue weighted by Gasteiger charge is 2.20. The number of rotatable bonds is 5. The summed E-state index contributed by atoms with van der Waals surface area (Å²) in [5, 5.41) is 14.7. The fourth-order valence-corrected chi connectivity index (χ4v) is 2.30.